The molecule has 1 fully saturated rings. The molecule has 0 spiro atoms. The molecule has 0 radical (unpaired) electrons. The van der Waals surface area contributed by atoms with Crippen LogP contribution >= 0.6 is 0 Å². The summed E-state index contributed by atoms with van der Waals surface area (Å²) in [6.07, 6.45) is 5.87. The lowest BCUT2D eigenvalue weighted by Crippen LogP contribution is -2.57. The van der Waals surface area contributed by atoms with Gasteiger partial charge in [-0.3, -0.25) is 14.5 Å². The largest absolute Gasteiger partial charge is 0.463 e. The fourth-order valence-corrected chi connectivity index (χ4v) is 3.55. The number of esters is 1. The number of likely N-dealkylation sites (N-methyl/N-ethyl adjacent to an activating group) is 1. The maximum Gasteiger partial charge on any atom is 0.333 e. The molecule has 1 aliphatic heterocycles. The van der Waals surface area contributed by atoms with Crippen molar-refractivity contribution >= 4 is 17.8 Å². The van der Waals surface area contributed by atoms with Crippen molar-refractivity contribution in [1.29, 1.82) is 0 Å². The lowest BCUT2D eigenvalue weighted by atomic mass is 9.97. The fraction of sp³-hybridized carbons (Fsp3) is 0.800. The van der Waals surface area contributed by atoms with Crippen LogP contribution in [0.5, 0.6) is 0 Å². The molecule has 1 unspecified atom stereocenters. The molecule has 32 heavy (non-hydrogen) atoms. The first kappa shape index (κ1) is 30.1. The van der Waals surface area contributed by atoms with Gasteiger partial charge < -0.3 is 15.0 Å². The fourth-order valence-electron chi connectivity index (χ4n) is 3.55. The first-order valence-corrected chi connectivity index (χ1v) is 12.2. The van der Waals surface area contributed by atoms with Crippen LogP contribution < -0.4 is 5.32 Å². The smallest absolute Gasteiger partial charge is 0.333 e. The second-order valence-electron chi connectivity index (χ2n) is 9.11. The third-order valence-corrected chi connectivity index (χ3v) is 5.39. The number of nitrogens with zero attached hydrogens (tertiary/aromatic N) is 2. The monoisotopic (exact) mass is 453 g/mol. The molecular weight excluding hydrogens is 406 g/mol. The molecule has 7 heteroatoms. The second kappa shape index (κ2) is 15.8. The molecule has 1 saturated heterocycles. The van der Waals surface area contributed by atoms with Gasteiger partial charge in [0.1, 0.15) is 6.04 Å². The van der Waals surface area contributed by atoms with Crippen LogP contribution in [0.3, 0.4) is 0 Å². The van der Waals surface area contributed by atoms with E-state index < -0.39 is 6.04 Å². The number of hydrogen-bond donors (Lipinski definition) is 1. The van der Waals surface area contributed by atoms with Gasteiger partial charge in [0.2, 0.25) is 11.8 Å². The van der Waals surface area contributed by atoms with Crippen LogP contribution in [0.2, 0.25) is 0 Å². The number of nitrogens with one attached hydrogen (secondary N) is 1. The Morgan fingerprint density at radius 2 is 1.72 bits per heavy atom. The minimum Gasteiger partial charge on any atom is -0.463 e. The van der Waals surface area contributed by atoms with Gasteiger partial charge in [0.15, 0.2) is 0 Å². The average Bonchev–Trinajstić information content (AvgIpc) is 2.75. The van der Waals surface area contributed by atoms with Gasteiger partial charge in [-0.05, 0) is 53.0 Å². The maximum atomic E-state index is 13.0. The molecule has 1 rings (SSSR count). The predicted octanol–water partition coefficient (Wildman–Crippen LogP) is 3.77. The molecule has 1 heterocycles. The molecule has 0 aromatic rings. The summed E-state index contributed by atoms with van der Waals surface area (Å²) in [7, 11) is 1.68. The van der Waals surface area contributed by atoms with E-state index in [1.165, 1.54) is 11.3 Å². The van der Waals surface area contributed by atoms with Crippen LogP contribution in [-0.4, -0.2) is 72.5 Å². The number of rotatable bonds is 9. The molecule has 1 N–H and O–H groups in total. The van der Waals surface area contributed by atoms with E-state index in [1.54, 1.807) is 27.0 Å². The Morgan fingerprint density at radius 3 is 2.22 bits per heavy atom. The van der Waals surface area contributed by atoms with Gasteiger partial charge in [-0.2, -0.15) is 0 Å². The predicted molar refractivity (Wildman–Crippen MR) is 130 cm³/mol. The second-order valence-corrected chi connectivity index (χ2v) is 9.11. The lowest BCUT2D eigenvalue weighted by Gasteiger charge is -2.38. The highest BCUT2D eigenvalue weighted by atomic mass is 16.5. The topological polar surface area (TPSA) is 79.0 Å². The van der Waals surface area contributed by atoms with Crippen molar-refractivity contribution < 1.29 is 19.1 Å². The highest BCUT2D eigenvalue weighted by Crippen LogP contribution is 2.20. The van der Waals surface area contributed by atoms with Crippen LogP contribution in [0, 0.1) is 5.92 Å². The quantitative estimate of drug-likeness (QED) is 0.425. The van der Waals surface area contributed by atoms with Crippen LogP contribution in [-0.2, 0) is 19.1 Å². The Balaban J connectivity index is 0.00000302. The lowest BCUT2D eigenvalue weighted by molar-refractivity contribution is -0.139. The Bertz CT molecular complexity index is 616. The molecule has 0 aliphatic carbocycles. The van der Waals surface area contributed by atoms with Crippen molar-refractivity contribution in [2.45, 2.75) is 99.2 Å². The summed E-state index contributed by atoms with van der Waals surface area (Å²) >= 11 is 0. The van der Waals surface area contributed by atoms with Crippen molar-refractivity contribution in [3.63, 3.8) is 0 Å². The molecule has 186 valence electrons. The van der Waals surface area contributed by atoms with Crippen molar-refractivity contribution in [2.24, 2.45) is 5.92 Å². The molecule has 0 saturated carbocycles. The van der Waals surface area contributed by atoms with E-state index in [-0.39, 0.29) is 42.3 Å². The minimum atomic E-state index is -0.597. The zero-order valence-electron chi connectivity index (χ0n) is 21.9. The molecule has 2 atom stereocenters. The summed E-state index contributed by atoms with van der Waals surface area (Å²) in [4.78, 5) is 41.4. The van der Waals surface area contributed by atoms with Gasteiger partial charge in [0.25, 0.3) is 0 Å². The number of ether oxygens (including phenoxy) is 1. The normalized spacial score (nSPS) is 18.0. The number of amides is 2. The van der Waals surface area contributed by atoms with Crippen molar-refractivity contribution in [1.82, 2.24) is 15.1 Å². The van der Waals surface area contributed by atoms with Crippen LogP contribution in [0.1, 0.15) is 81.1 Å². The number of carbonyl (C=O) groups is 3. The van der Waals surface area contributed by atoms with Gasteiger partial charge in [-0.15, -0.1) is 0 Å². The standard InChI is InChI=1S/C22H39N3O4.C3H8/c1-8-29-22(28)17(6)12-14-24(7)21(27)19(15(2)3)23-20(26)18-11-9-10-13-25(18)16(4)5;1-3-2/h12,15-16,18-19H,8-11,13-14H2,1-7H3,(H,23,26);3H2,1-2H3/b17-12+;/t18-,19?;/m0./s1. The Kier molecular flexibility index (Phi) is 14.9. The molecule has 0 bridgehead atoms. The van der Waals surface area contributed by atoms with Crippen LogP contribution in [0.25, 0.3) is 0 Å². The van der Waals surface area contributed by atoms with Crippen LogP contribution in [0.4, 0.5) is 0 Å². The number of carbonyl (C=O) groups excluding carboxylic acids is 3. The summed E-state index contributed by atoms with van der Waals surface area (Å²) in [5.74, 6) is -0.654. The zero-order chi connectivity index (χ0) is 24.8. The van der Waals surface area contributed by atoms with Crippen molar-refractivity contribution in [3.05, 3.63) is 11.6 Å². The highest BCUT2D eigenvalue weighted by molar-refractivity contribution is 5.90. The van der Waals surface area contributed by atoms with E-state index in [1.807, 2.05) is 13.8 Å². The van der Waals surface area contributed by atoms with E-state index in [4.69, 9.17) is 4.74 Å². The zero-order valence-corrected chi connectivity index (χ0v) is 21.9. The molecule has 7 nitrogen and oxygen atoms in total. The highest BCUT2D eigenvalue weighted by Gasteiger charge is 2.34. The van der Waals surface area contributed by atoms with Gasteiger partial charge in [-0.25, -0.2) is 4.79 Å². The van der Waals surface area contributed by atoms with E-state index in [2.05, 4.69) is 37.9 Å². The summed E-state index contributed by atoms with van der Waals surface area (Å²) in [5, 5.41) is 3.00. The van der Waals surface area contributed by atoms with Crippen molar-refractivity contribution in [3.8, 4) is 0 Å². The minimum absolute atomic E-state index is 0.0416. The van der Waals surface area contributed by atoms with E-state index in [9.17, 15) is 14.4 Å². The number of piperidine rings is 1. The first-order valence-electron chi connectivity index (χ1n) is 12.2. The molecular formula is C25H47N3O4. The molecule has 0 aromatic carbocycles. The Morgan fingerprint density at radius 1 is 1.12 bits per heavy atom. The van der Waals surface area contributed by atoms with Gasteiger partial charge in [0.05, 0.1) is 12.6 Å². The van der Waals surface area contributed by atoms with E-state index in [0.29, 0.717) is 12.2 Å². The van der Waals surface area contributed by atoms with Gasteiger partial charge >= 0.3 is 5.97 Å². The number of hydrogen-bond acceptors (Lipinski definition) is 5. The summed E-state index contributed by atoms with van der Waals surface area (Å²) in [6.45, 7) is 17.2. The molecule has 1 aliphatic rings. The first-order chi connectivity index (χ1) is 15.0. The van der Waals surface area contributed by atoms with Crippen LogP contribution in [0.15, 0.2) is 11.6 Å². The van der Waals surface area contributed by atoms with E-state index >= 15 is 0 Å². The summed E-state index contributed by atoms with van der Waals surface area (Å²) in [5.41, 5.74) is 0.464. The Hall–Kier alpha value is -1.89. The summed E-state index contributed by atoms with van der Waals surface area (Å²) in [6, 6.07) is -0.494. The molecule has 2 amide bonds. The van der Waals surface area contributed by atoms with Gasteiger partial charge in [-0.1, -0.05) is 46.6 Å². The third-order valence-electron chi connectivity index (χ3n) is 5.39. The summed E-state index contributed by atoms with van der Waals surface area (Å²) < 4.78 is 4.96. The SMILES string of the molecule is CCC.CCOC(=O)/C(C)=C/CN(C)C(=O)C(NC(=O)[C@@H]1CCCCN1C(C)C)C(C)C. The number of likely N-dealkylation sites (tertiary alicyclic amines) is 1. The molecule has 0 aromatic heterocycles. The maximum absolute atomic E-state index is 13.0. The third kappa shape index (κ3) is 10.2. The average molecular weight is 454 g/mol. The van der Waals surface area contributed by atoms with Crippen molar-refractivity contribution in [2.75, 3.05) is 26.7 Å². The van der Waals surface area contributed by atoms with E-state index in [0.717, 1.165) is 25.8 Å². The van der Waals surface area contributed by atoms with Gasteiger partial charge in [0, 0.05) is 25.2 Å². The Labute approximate surface area is 195 Å².